The molecule has 8 heteroatoms. The van der Waals surface area contributed by atoms with Crippen LogP contribution in [0, 0.1) is 0 Å². The highest BCUT2D eigenvalue weighted by atomic mass is 16.3. The van der Waals surface area contributed by atoms with Crippen LogP contribution in [0.1, 0.15) is 18.9 Å². The van der Waals surface area contributed by atoms with Gasteiger partial charge in [0, 0.05) is 44.1 Å². The zero-order valence-electron chi connectivity index (χ0n) is 14.7. The lowest BCUT2D eigenvalue weighted by molar-refractivity contribution is 0.401. The number of furan rings is 1. The molecule has 8 nitrogen and oxygen atoms in total. The summed E-state index contributed by atoms with van der Waals surface area (Å²) in [5.41, 5.74) is 0.851. The molecule has 0 radical (unpaired) electrons. The summed E-state index contributed by atoms with van der Waals surface area (Å²) in [7, 11) is 0. The molecule has 0 saturated carbocycles. The van der Waals surface area contributed by atoms with Crippen molar-refractivity contribution < 1.29 is 4.42 Å². The molecular weight excluding hydrogens is 342 g/mol. The van der Waals surface area contributed by atoms with Crippen LogP contribution < -0.4 is 4.90 Å². The maximum Gasteiger partial charge on any atom is 0.225 e. The number of hydrogen-bond acceptors (Lipinski definition) is 6. The van der Waals surface area contributed by atoms with Gasteiger partial charge < -0.3 is 13.9 Å². The lowest BCUT2D eigenvalue weighted by Crippen LogP contribution is -2.37. The van der Waals surface area contributed by atoms with E-state index in [0.717, 1.165) is 54.9 Å². The molecule has 0 aromatic carbocycles. The molecule has 0 spiro atoms. The number of rotatable bonds is 4. The van der Waals surface area contributed by atoms with E-state index in [4.69, 9.17) is 4.42 Å². The highest BCUT2D eigenvalue weighted by Gasteiger charge is 2.25. The third-order valence-electron chi connectivity index (χ3n) is 4.89. The average Bonchev–Trinajstić information content (AvgIpc) is 3.49. The first-order valence-corrected chi connectivity index (χ1v) is 9.03. The van der Waals surface area contributed by atoms with E-state index < -0.39 is 0 Å². The number of aromatic nitrogens is 6. The number of nitrogens with one attached hydrogen (secondary N) is 1. The van der Waals surface area contributed by atoms with Crippen molar-refractivity contribution in [3.8, 4) is 23.0 Å². The monoisotopic (exact) mass is 361 g/mol. The van der Waals surface area contributed by atoms with Crippen LogP contribution in [0.2, 0.25) is 0 Å². The van der Waals surface area contributed by atoms with Gasteiger partial charge in [-0.05, 0) is 37.1 Å². The van der Waals surface area contributed by atoms with Crippen LogP contribution in [0.15, 0.2) is 59.7 Å². The topological polar surface area (TPSA) is 88.7 Å². The lowest BCUT2D eigenvalue weighted by atomic mass is 10.1. The summed E-state index contributed by atoms with van der Waals surface area (Å²) in [6, 6.07) is 7.91. The maximum atomic E-state index is 6.02. The summed E-state index contributed by atoms with van der Waals surface area (Å²) in [6.45, 7) is 1.82. The molecule has 0 amide bonds. The van der Waals surface area contributed by atoms with Gasteiger partial charge in [-0.3, -0.25) is 5.10 Å². The Morgan fingerprint density at radius 1 is 1.00 bits per heavy atom. The summed E-state index contributed by atoms with van der Waals surface area (Å²) in [6.07, 6.45) is 11.3. The molecule has 1 fully saturated rings. The second-order valence-corrected chi connectivity index (χ2v) is 6.58. The normalized spacial score (nSPS) is 17.3. The third kappa shape index (κ3) is 2.99. The van der Waals surface area contributed by atoms with Gasteiger partial charge >= 0.3 is 0 Å². The minimum absolute atomic E-state index is 0.292. The van der Waals surface area contributed by atoms with E-state index >= 15 is 0 Å². The van der Waals surface area contributed by atoms with Crippen molar-refractivity contribution in [1.82, 2.24) is 29.7 Å². The molecule has 136 valence electrons. The lowest BCUT2D eigenvalue weighted by Gasteiger charge is -2.33. The number of aromatic amines is 1. The smallest absolute Gasteiger partial charge is 0.225 e. The molecule has 1 atom stereocenters. The molecule has 0 bridgehead atoms. The second-order valence-electron chi connectivity index (χ2n) is 6.58. The molecule has 4 aromatic rings. The van der Waals surface area contributed by atoms with Gasteiger partial charge in [-0.15, -0.1) is 0 Å². The van der Waals surface area contributed by atoms with E-state index in [0.29, 0.717) is 6.04 Å². The number of hydrogen-bond donors (Lipinski definition) is 1. The summed E-state index contributed by atoms with van der Waals surface area (Å²) in [5, 5.41) is 6.90. The molecule has 5 heterocycles. The molecule has 27 heavy (non-hydrogen) atoms. The summed E-state index contributed by atoms with van der Waals surface area (Å²) in [4.78, 5) is 15.6. The summed E-state index contributed by atoms with van der Waals surface area (Å²) >= 11 is 0. The van der Waals surface area contributed by atoms with E-state index in [1.165, 1.54) is 0 Å². The van der Waals surface area contributed by atoms with Crippen LogP contribution in [-0.4, -0.2) is 42.8 Å². The van der Waals surface area contributed by atoms with E-state index in [1.807, 2.05) is 36.7 Å². The minimum Gasteiger partial charge on any atom is -0.451 e. The Bertz CT molecular complexity index is 1010. The van der Waals surface area contributed by atoms with Crippen molar-refractivity contribution in [2.75, 3.05) is 18.0 Å². The average molecular weight is 361 g/mol. The van der Waals surface area contributed by atoms with Gasteiger partial charge in [0.1, 0.15) is 5.69 Å². The van der Waals surface area contributed by atoms with E-state index in [2.05, 4.69) is 34.6 Å². The molecule has 1 N–H and O–H groups in total. The van der Waals surface area contributed by atoms with Crippen LogP contribution in [0.3, 0.4) is 0 Å². The Hall–Kier alpha value is -3.42. The Morgan fingerprint density at radius 2 is 1.89 bits per heavy atom. The first-order chi connectivity index (χ1) is 13.4. The van der Waals surface area contributed by atoms with Crippen molar-refractivity contribution in [1.29, 1.82) is 0 Å². The minimum atomic E-state index is 0.292. The Labute approximate surface area is 155 Å². The van der Waals surface area contributed by atoms with Crippen molar-refractivity contribution in [2.45, 2.75) is 18.9 Å². The fourth-order valence-electron chi connectivity index (χ4n) is 3.61. The van der Waals surface area contributed by atoms with Crippen molar-refractivity contribution >= 4 is 5.95 Å². The molecule has 1 aliphatic rings. The van der Waals surface area contributed by atoms with Crippen LogP contribution in [0.5, 0.6) is 0 Å². The van der Waals surface area contributed by atoms with Gasteiger partial charge in [0.15, 0.2) is 17.3 Å². The van der Waals surface area contributed by atoms with Gasteiger partial charge in [-0.2, -0.15) is 5.10 Å². The molecule has 5 rings (SSSR count). The van der Waals surface area contributed by atoms with Gasteiger partial charge in [0.2, 0.25) is 5.95 Å². The Morgan fingerprint density at radius 3 is 2.74 bits per heavy atom. The van der Waals surface area contributed by atoms with Gasteiger partial charge in [-0.1, -0.05) is 0 Å². The zero-order chi connectivity index (χ0) is 18.1. The van der Waals surface area contributed by atoms with Crippen molar-refractivity contribution in [3.05, 3.63) is 55.2 Å². The quantitative estimate of drug-likeness (QED) is 0.601. The number of nitrogens with zero attached hydrogens (tertiary/aromatic N) is 6. The Balaban J connectivity index is 1.41. The van der Waals surface area contributed by atoms with E-state index in [1.54, 1.807) is 18.6 Å². The van der Waals surface area contributed by atoms with Crippen LogP contribution in [0.4, 0.5) is 5.95 Å². The number of imidazole rings is 1. The highest BCUT2D eigenvalue weighted by molar-refractivity contribution is 5.58. The fraction of sp³-hybridized carbons (Fsp3) is 0.263. The van der Waals surface area contributed by atoms with Crippen molar-refractivity contribution in [3.63, 3.8) is 0 Å². The van der Waals surface area contributed by atoms with Gasteiger partial charge in [0.05, 0.1) is 6.04 Å². The molecule has 1 saturated heterocycles. The largest absolute Gasteiger partial charge is 0.451 e. The fourth-order valence-corrected chi connectivity index (χ4v) is 3.61. The zero-order valence-corrected chi connectivity index (χ0v) is 14.7. The van der Waals surface area contributed by atoms with Gasteiger partial charge in [-0.25, -0.2) is 15.0 Å². The maximum absolute atomic E-state index is 6.02. The second kappa shape index (κ2) is 6.71. The summed E-state index contributed by atoms with van der Waals surface area (Å²) in [5.74, 6) is 3.11. The Kier molecular flexibility index (Phi) is 3.93. The standard InChI is InChI=1S/C19H19N7O/c1-3-14(13-25(11-1)19-21-7-2-8-22-19)26-12-10-20-18(26)17-5-4-16(27-17)15-6-9-23-24-15/h2,4-10,12,14H,1,3,11,13H2,(H,23,24)/t14-/m1/s1. The molecule has 0 aliphatic carbocycles. The predicted octanol–water partition coefficient (Wildman–Crippen LogP) is 3.16. The SMILES string of the molecule is c1cnc(N2CCC[C@@H](n3ccnc3-c3ccc(-c4ccn[nH]4)o3)C2)nc1. The number of piperidine rings is 1. The van der Waals surface area contributed by atoms with Crippen molar-refractivity contribution in [2.24, 2.45) is 0 Å². The molecule has 4 aromatic heterocycles. The third-order valence-corrected chi connectivity index (χ3v) is 4.89. The van der Waals surface area contributed by atoms with Crippen LogP contribution >= 0.6 is 0 Å². The molecule has 0 unspecified atom stereocenters. The van der Waals surface area contributed by atoms with Crippen LogP contribution in [-0.2, 0) is 0 Å². The van der Waals surface area contributed by atoms with E-state index in [9.17, 15) is 0 Å². The molecule has 1 aliphatic heterocycles. The predicted molar refractivity (Wildman–Crippen MR) is 100 cm³/mol. The number of H-pyrrole nitrogens is 1. The van der Waals surface area contributed by atoms with Crippen LogP contribution in [0.25, 0.3) is 23.0 Å². The highest BCUT2D eigenvalue weighted by Crippen LogP contribution is 2.31. The van der Waals surface area contributed by atoms with E-state index in [-0.39, 0.29) is 0 Å². The van der Waals surface area contributed by atoms with Gasteiger partial charge in [0.25, 0.3) is 0 Å². The first-order valence-electron chi connectivity index (χ1n) is 9.03. The number of anilines is 1. The first kappa shape index (κ1) is 15.8. The molecular formula is C19H19N7O. The summed E-state index contributed by atoms with van der Waals surface area (Å²) < 4.78 is 8.22.